The molecule has 1 N–H and O–H groups in total. The molecule has 1 amide bonds. The molecular weight excluding hydrogens is 352 g/mol. The zero-order valence-electron chi connectivity index (χ0n) is 16.8. The maximum Gasteiger partial charge on any atom is 0.253 e. The van der Waals surface area contributed by atoms with Crippen molar-refractivity contribution < 1.29 is 4.79 Å². The van der Waals surface area contributed by atoms with Gasteiger partial charge in [0.15, 0.2) is 5.96 Å². The van der Waals surface area contributed by atoms with E-state index in [1.165, 1.54) is 0 Å². The van der Waals surface area contributed by atoms with Crippen molar-refractivity contribution in [2.24, 2.45) is 4.99 Å². The van der Waals surface area contributed by atoms with Crippen molar-refractivity contribution in [3.05, 3.63) is 59.8 Å². The number of benzene rings is 1. The molecule has 2 heterocycles. The van der Waals surface area contributed by atoms with Crippen LogP contribution < -0.4 is 10.2 Å². The van der Waals surface area contributed by atoms with E-state index in [0.29, 0.717) is 12.1 Å². The maximum atomic E-state index is 12.0. The van der Waals surface area contributed by atoms with E-state index in [-0.39, 0.29) is 5.91 Å². The van der Waals surface area contributed by atoms with E-state index < -0.39 is 0 Å². The number of carbonyl (C=O) groups is 1. The van der Waals surface area contributed by atoms with Gasteiger partial charge in [-0.3, -0.25) is 9.79 Å². The summed E-state index contributed by atoms with van der Waals surface area (Å²) in [5, 5.41) is 3.43. The number of carbonyl (C=O) groups excluding carboxylic acids is 1. The number of piperazine rings is 1. The van der Waals surface area contributed by atoms with Gasteiger partial charge in [-0.1, -0.05) is 18.2 Å². The molecule has 2 aromatic rings. The number of amides is 1. The summed E-state index contributed by atoms with van der Waals surface area (Å²) in [6.07, 6.45) is 1.83. The van der Waals surface area contributed by atoms with Gasteiger partial charge < -0.3 is 20.0 Å². The van der Waals surface area contributed by atoms with E-state index >= 15 is 0 Å². The lowest BCUT2D eigenvalue weighted by atomic mass is 10.1. The Balaban J connectivity index is 1.52. The van der Waals surface area contributed by atoms with Crippen molar-refractivity contribution in [3.8, 4) is 0 Å². The molecule has 7 nitrogen and oxygen atoms in total. The highest BCUT2D eigenvalue weighted by Crippen LogP contribution is 2.13. The van der Waals surface area contributed by atoms with Crippen molar-refractivity contribution in [3.63, 3.8) is 0 Å². The van der Waals surface area contributed by atoms with E-state index in [4.69, 9.17) is 0 Å². The van der Waals surface area contributed by atoms with Gasteiger partial charge >= 0.3 is 0 Å². The first-order chi connectivity index (χ1) is 13.6. The second kappa shape index (κ2) is 9.21. The van der Waals surface area contributed by atoms with Crippen LogP contribution in [0.25, 0.3) is 0 Å². The first-order valence-corrected chi connectivity index (χ1v) is 9.50. The third-order valence-electron chi connectivity index (χ3n) is 4.82. The van der Waals surface area contributed by atoms with Crippen molar-refractivity contribution in [1.29, 1.82) is 0 Å². The van der Waals surface area contributed by atoms with Crippen molar-refractivity contribution in [1.82, 2.24) is 20.1 Å². The molecule has 1 aromatic carbocycles. The Kier molecular flexibility index (Phi) is 6.47. The SMILES string of the molecule is CN=C(NCc1ccc(C(=O)N(C)C)cc1)N1CCN(c2ccccn2)CC1. The lowest BCUT2D eigenvalue weighted by Crippen LogP contribution is -2.52. The van der Waals surface area contributed by atoms with Gasteiger partial charge in [-0.05, 0) is 29.8 Å². The minimum Gasteiger partial charge on any atom is -0.353 e. The van der Waals surface area contributed by atoms with Crippen molar-refractivity contribution >= 4 is 17.7 Å². The molecule has 1 fully saturated rings. The number of nitrogens with one attached hydrogen (secondary N) is 1. The number of aliphatic imine (C=N–C) groups is 1. The summed E-state index contributed by atoms with van der Waals surface area (Å²) in [5.74, 6) is 1.94. The minimum absolute atomic E-state index is 0.0149. The molecule has 7 heteroatoms. The highest BCUT2D eigenvalue weighted by atomic mass is 16.2. The van der Waals surface area contributed by atoms with Crippen LogP contribution in [0.1, 0.15) is 15.9 Å². The van der Waals surface area contributed by atoms with Gasteiger partial charge in [-0.25, -0.2) is 4.98 Å². The second-order valence-electron chi connectivity index (χ2n) is 6.96. The fourth-order valence-corrected chi connectivity index (χ4v) is 3.22. The summed E-state index contributed by atoms with van der Waals surface area (Å²) in [5.41, 5.74) is 1.81. The van der Waals surface area contributed by atoms with Crippen LogP contribution in [0.2, 0.25) is 0 Å². The van der Waals surface area contributed by atoms with Crippen molar-refractivity contribution in [2.45, 2.75) is 6.54 Å². The van der Waals surface area contributed by atoms with Gasteiger partial charge in [0.2, 0.25) is 0 Å². The minimum atomic E-state index is 0.0149. The zero-order chi connectivity index (χ0) is 19.9. The standard InChI is InChI=1S/C21H28N6O/c1-22-21(24-16-17-7-9-18(10-8-17)20(28)25(2)3)27-14-12-26(13-15-27)19-6-4-5-11-23-19/h4-11H,12-16H2,1-3H3,(H,22,24). The summed E-state index contributed by atoms with van der Waals surface area (Å²) in [4.78, 5) is 27.0. The predicted molar refractivity (Wildman–Crippen MR) is 113 cm³/mol. The number of guanidine groups is 1. The van der Waals surface area contributed by atoms with E-state index in [0.717, 1.165) is 43.5 Å². The lowest BCUT2D eigenvalue weighted by molar-refractivity contribution is 0.0827. The molecule has 1 aliphatic heterocycles. The maximum absolute atomic E-state index is 12.0. The van der Waals surface area contributed by atoms with Crippen LogP contribution in [0.4, 0.5) is 5.82 Å². The number of pyridine rings is 1. The molecule has 148 valence electrons. The molecule has 0 saturated carbocycles. The molecular formula is C21H28N6O. The quantitative estimate of drug-likeness (QED) is 0.646. The number of nitrogens with zero attached hydrogens (tertiary/aromatic N) is 5. The topological polar surface area (TPSA) is 64.1 Å². The number of rotatable bonds is 4. The highest BCUT2D eigenvalue weighted by molar-refractivity contribution is 5.93. The average Bonchev–Trinajstić information content (AvgIpc) is 2.75. The predicted octanol–water partition coefficient (Wildman–Crippen LogP) is 1.68. The molecule has 1 aromatic heterocycles. The molecule has 3 rings (SSSR count). The van der Waals surface area contributed by atoms with Crippen LogP contribution in [0.5, 0.6) is 0 Å². The van der Waals surface area contributed by atoms with Crippen LogP contribution in [0, 0.1) is 0 Å². The average molecular weight is 380 g/mol. The van der Waals surface area contributed by atoms with Crippen LogP contribution in [-0.2, 0) is 6.54 Å². The third-order valence-corrected chi connectivity index (χ3v) is 4.82. The zero-order valence-corrected chi connectivity index (χ0v) is 16.8. The van der Waals surface area contributed by atoms with Crippen LogP contribution in [0.15, 0.2) is 53.7 Å². The van der Waals surface area contributed by atoms with E-state index in [9.17, 15) is 4.79 Å². The molecule has 0 bridgehead atoms. The van der Waals surface area contributed by atoms with Gasteiger partial charge in [0, 0.05) is 65.6 Å². The Labute approximate surface area is 166 Å². The Hall–Kier alpha value is -3.09. The number of aromatic nitrogens is 1. The fraction of sp³-hybridized carbons (Fsp3) is 0.381. The molecule has 1 aliphatic rings. The fourth-order valence-electron chi connectivity index (χ4n) is 3.22. The van der Waals surface area contributed by atoms with E-state index in [2.05, 4.69) is 25.1 Å². The highest BCUT2D eigenvalue weighted by Gasteiger charge is 2.20. The molecule has 0 radical (unpaired) electrons. The molecule has 0 atom stereocenters. The largest absolute Gasteiger partial charge is 0.353 e. The smallest absolute Gasteiger partial charge is 0.253 e. The van der Waals surface area contributed by atoms with Crippen molar-refractivity contribution in [2.75, 3.05) is 52.2 Å². The molecule has 1 saturated heterocycles. The van der Waals surface area contributed by atoms with Gasteiger partial charge in [0.25, 0.3) is 5.91 Å². The number of hydrogen-bond acceptors (Lipinski definition) is 4. The summed E-state index contributed by atoms with van der Waals surface area (Å²) in [6.45, 7) is 4.29. The lowest BCUT2D eigenvalue weighted by Gasteiger charge is -2.37. The Bertz CT molecular complexity index is 795. The van der Waals surface area contributed by atoms with Gasteiger partial charge in [0.05, 0.1) is 0 Å². The van der Waals surface area contributed by atoms with Gasteiger partial charge in [-0.2, -0.15) is 0 Å². The molecule has 0 aliphatic carbocycles. The molecule has 0 spiro atoms. The summed E-state index contributed by atoms with van der Waals surface area (Å²) < 4.78 is 0. The first kappa shape index (κ1) is 19.7. The monoisotopic (exact) mass is 380 g/mol. The van der Waals surface area contributed by atoms with Crippen LogP contribution in [-0.4, -0.2) is 74.0 Å². The summed E-state index contributed by atoms with van der Waals surface area (Å²) >= 11 is 0. The van der Waals surface area contributed by atoms with E-state index in [1.807, 2.05) is 55.7 Å². The van der Waals surface area contributed by atoms with Crippen LogP contribution >= 0.6 is 0 Å². The van der Waals surface area contributed by atoms with Gasteiger partial charge in [-0.15, -0.1) is 0 Å². The summed E-state index contributed by atoms with van der Waals surface area (Å²) in [7, 11) is 5.33. The van der Waals surface area contributed by atoms with Crippen LogP contribution in [0.3, 0.4) is 0 Å². The Morgan fingerprint density at radius 3 is 2.39 bits per heavy atom. The van der Waals surface area contributed by atoms with E-state index in [1.54, 1.807) is 19.0 Å². The second-order valence-corrected chi connectivity index (χ2v) is 6.96. The normalized spacial score (nSPS) is 14.8. The first-order valence-electron chi connectivity index (χ1n) is 9.50. The molecule has 0 unspecified atom stereocenters. The Morgan fingerprint density at radius 2 is 1.82 bits per heavy atom. The Morgan fingerprint density at radius 1 is 1.11 bits per heavy atom. The van der Waals surface area contributed by atoms with Gasteiger partial charge in [0.1, 0.15) is 5.82 Å². The molecule has 28 heavy (non-hydrogen) atoms. The number of anilines is 1. The summed E-state index contributed by atoms with van der Waals surface area (Å²) in [6, 6.07) is 13.7. The third kappa shape index (κ3) is 4.79. The number of hydrogen-bond donors (Lipinski definition) is 1.